The van der Waals surface area contributed by atoms with Crippen LogP contribution in [0.25, 0.3) is 0 Å². The predicted octanol–water partition coefficient (Wildman–Crippen LogP) is -7.56. The number of hydrogen-bond donors (Lipinski definition) is 23. The van der Waals surface area contributed by atoms with Crippen LogP contribution in [0, 0.1) is 5.41 Å². The molecule has 0 fully saturated rings. The number of hydrogen-bond acceptors (Lipinski definition) is 26. The van der Waals surface area contributed by atoms with Crippen LogP contribution in [0.5, 0.6) is 5.75 Å². The summed E-state index contributed by atoms with van der Waals surface area (Å²) < 4.78 is 9.30. The van der Waals surface area contributed by atoms with Crippen molar-refractivity contribution in [2.75, 3.05) is 37.7 Å². The number of aliphatic carboxylic acids is 7. The number of esters is 3. The van der Waals surface area contributed by atoms with Gasteiger partial charge in [0.15, 0.2) is 5.96 Å². The molecule has 0 bridgehead atoms. The quantitative estimate of drug-likeness (QED) is 0.00779. The van der Waals surface area contributed by atoms with Crippen LogP contribution in [-0.4, -0.2) is 187 Å². The maximum atomic E-state index is 11.5. The van der Waals surface area contributed by atoms with Gasteiger partial charge in [0.1, 0.15) is 48.0 Å². The van der Waals surface area contributed by atoms with Gasteiger partial charge in [-0.2, -0.15) is 25.3 Å². The minimum Gasteiger partial charge on any atom is -0.481 e. The highest BCUT2D eigenvalue weighted by molar-refractivity contribution is 7.80. The van der Waals surface area contributed by atoms with Crippen LogP contribution < -0.4 is 78.9 Å². The molecule has 1 amide bonds. The van der Waals surface area contributed by atoms with Crippen molar-refractivity contribution in [1.82, 2.24) is 5.32 Å². The molecule has 1 aromatic carbocycles. The number of ether oxygens (including phenoxy) is 2. The Morgan fingerprint density at radius 3 is 1.27 bits per heavy atom. The van der Waals surface area contributed by atoms with E-state index in [1.807, 2.05) is 0 Å². The molecule has 432 valence electrons. The first-order chi connectivity index (χ1) is 34.6. The third kappa shape index (κ3) is 56.3. The maximum Gasteiger partial charge on any atom is 0.330 e. The summed E-state index contributed by atoms with van der Waals surface area (Å²) >= 11 is 7.30. The number of amides is 1. The number of carboxylic acids is 7. The number of guanidine groups is 1. The van der Waals surface area contributed by atoms with Crippen molar-refractivity contribution >= 4 is 96.8 Å². The van der Waals surface area contributed by atoms with Gasteiger partial charge in [-0.05, 0) is 56.3 Å². The van der Waals surface area contributed by atoms with E-state index in [-0.39, 0.29) is 49.1 Å². The monoisotopic (exact) mass is 1120 g/mol. The number of nitrogens with two attached hydrogens (primary N) is 12. The molecule has 34 nitrogen and oxygen atoms in total. The molecule has 0 aliphatic heterocycles. The first-order valence-electron chi connectivity index (χ1n) is 21.2. The third-order valence-electron chi connectivity index (χ3n) is 7.53. The van der Waals surface area contributed by atoms with Crippen LogP contribution >= 0.6 is 25.3 Å². The Kier molecular flexibility index (Phi) is 52.4. The van der Waals surface area contributed by atoms with Gasteiger partial charge in [0.2, 0.25) is 5.91 Å². The number of carbonyl (C=O) groups is 11. The summed E-state index contributed by atoms with van der Waals surface area (Å²) in [6.07, 6.45) is 2.30. The molecule has 0 unspecified atom stereocenters. The Morgan fingerprint density at radius 2 is 0.960 bits per heavy atom. The summed E-state index contributed by atoms with van der Waals surface area (Å²) in [5, 5.41) is 66.1. The molecule has 1 aromatic rings. The van der Waals surface area contributed by atoms with E-state index in [0.29, 0.717) is 37.9 Å². The molecular weight excluding hydrogens is 1050 g/mol. The van der Waals surface area contributed by atoms with E-state index in [0.717, 1.165) is 12.8 Å². The number of carbonyl (C=O) groups excluding carboxylic acids is 4. The van der Waals surface area contributed by atoms with Gasteiger partial charge in [-0.3, -0.25) is 48.6 Å². The second kappa shape index (κ2) is 49.4. The standard InChI is InChI=1S/C13H17N3O5.C8H17N3O3.C6H14N4O2.C4H7NO4.2C3H7NO2S.C2H5NO2/c14-9(12(18)19)5-7-1-3-8(4-2-7)21-13(20)10(15)6-11(16)17;9-4-2-1-3-6(11)8(13)14-7(12)5-10;7-4(5(11)12)2-1-3-10-6(8)9;5-2(4(8)9)1-3(6)7;2*4-2(1-7)3(5)6;3-1-2(4)5/h1-4,9-10H,5-6,14-15H2,(H2,16,17)(H,18,19);6H,1-5,9-11H2;4H,1-3,7H2,(H,11,12)(H4,8,9,10);2H,1,5H2,(H,6,7)(H,8,9);2*2,7H,1,4H2,(H,5,6);1,3H2,(H,4,5)/t9-,10-;6-;4-;3*2-;/m000000./s1. The predicted molar refractivity (Wildman–Crippen MR) is 272 cm³/mol. The number of benzene rings is 1. The molecule has 0 heterocycles. The molecule has 0 saturated heterocycles. The average molecular weight is 1120 g/mol. The molecule has 1 rings (SSSR count). The number of rotatable bonds is 26. The molecule has 0 aliphatic rings. The normalized spacial score (nSPS) is 12.4. The molecule has 0 saturated carbocycles. The molecule has 33 N–H and O–H groups in total. The average Bonchev–Trinajstić information content (AvgIpc) is 3.33. The van der Waals surface area contributed by atoms with Gasteiger partial charge in [0, 0.05) is 18.1 Å². The topological polar surface area (TPSA) is 696 Å². The molecule has 7 atom stereocenters. The highest BCUT2D eigenvalue weighted by Crippen LogP contribution is 2.14. The van der Waals surface area contributed by atoms with Crippen LogP contribution in [0.4, 0.5) is 0 Å². The van der Waals surface area contributed by atoms with Gasteiger partial charge < -0.3 is 119 Å². The Bertz CT molecular complexity index is 1870. The van der Waals surface area contributed by atoms with Crippen LogP contribution in [-0.2, 0) is 63.9 Å². The number of unbranched alkanes of at least 4 members (excludes halogenated alkanes) is 1. The second-order valence-electron chi connectivity index (χ2n) is 14.2. The van der Waals surface area contributed by atoms with Crippen molar-refractivity contribution in [2.45, 2.75) is 93.7 Å². The third-order valence-corrected chi connectivity index (χ3v) is 8.32. The molecule has 0 aromatic heterocycles. The highest BCUT2D eigenvalue weighted by atomic mass is 32.1. The lowest BCUT2D eigenvalue weighted by atomic mass is 10.1. The highest BCUT2D eigenvalue weighted by Gasteiger charge is 2.20. The summed E-state index contributed by atoms with van der Waals surface area (Å²) in [4.78, 5) is 113. The molecule has 36 heteroatoms. The molecule has 0 spiro atoms. The lowest BCUT2D eigenvalue weighted by Crippen LogP contribution is -2.37. The van der Waals surface area contributed by atoms with Gasteiger partial charge in [-0.1, -0.05) is 18.6 Å². The summed E-state index contributed by atoms with van der Waals surface area (Å²) in [6, 6.07) is -0.483. The van der Waals surface area contributed by atoms with Crippen LogP contribution in [0.1, 0.15) is 50.5 Å². The van der Waals surface area contributed by atoms with Gasteiger partial charge in [-0.25, -0.2) is 9.59 Å². The molecule has 75 heavy (non-hydrogen) atoms. The lowest BCUT2D eigenvalue weighted by molar-refractivity contribution is -0.160. The fourth-order valence-corrected chi connectivity index (χ4v) is 3.80. The van der Waals surface area contributed by atoms with E-state index < -0.39 is 114 Å². The zero-order valence-electron chi connectivity index (χ0n) is 40.5. The Morgan fingerprint density at radius 1 is 0.533 bits per heavy atom. The van der Waals surface area contributed by atoms with E-state index in [2.05, 4.69) is 41.0 Å². The number of nitrogens with one attached hydrogen (secondary N) is 2. The second-order valence-corrected chi connectivity index (χ2v) is 14.9. The van der Waals surface area contributed by atoms with Crippen molar-refractivity contribution in [1.29, 1.82) is 5.41 Å². The van der Waals surface area contributed by atoms with Crippen molar-refractivity contribution in [2.24, 2.45) is 68.8 Å². The molecular formula is C39H74N14O20S2. The number of carboxylic acid groups (broad SMARTS) is 7. The van der Waals surface area contributed by atoms with E-state index in [4.69, 9.17) is 109 Å². The summed E-state index contributed by atoms with van der Waals surface area (Å²) in [6.45, 7) is 0.446. The Labute approximate surface area is 440 Å². The Balaban J connectivity index is -0.000000195. The Hall–Kier alpha value is -6.84. The lowest BCUT2D eigenvalue weighted by Gasteiger charge is -2.10. The van der Waals surface area contributed by atoms with Gasteiger partial charge >= 0.3 is 59.7 Å². The minimum absolute atomic E-state index is 0.112. The van der Waals surface area contributed by atoms with Crippen molar-refractivity contribution in [3.05, 3.63) is 29.8 Å². The van der Waals surface area contributed by atoms with Gasteiger partial charge in [-0.15, -0.1) is 0 Å². The first kappa shape index (κ1) is 79.6. The van der Waals surface area contributed by atoms with Crippen molar-refractivity contribution in [3.8, 4) is 5.75 Å². The summed E-state index contributed by atoms with van der Waals surface area (Å²) in [5.41, 5.74) is 61.6. The SMILES string of the molecule is N=C(N)NCCC[C@H](N)C(=O)O.NC(=O)C[C@H](N)C(=O)Oc1ccc(C[C@H](N)C(=O)O)cc1.NCC(=O)O.NCCCC[C@H](N)C(=O)OC(=O)CN.N[C@@H](CC(=O)O)C(=O)O.N[C@@H](CS)C(=O)O.N[C@@H](CS)C(=O)O. The van der Waals surface area contributed by atoms with E-state index in [1.165, 1.54) is 12.1 Å². The fourth-order valence-electron chi connectivity index (χ4n) is 3.48. The minimum atomic E-state index is -1.29. The van der Waals surface area contributed by atoms with Gasteiger partial charge in [0.05, 0.1) is 25.9 Å². The van der Waals surface area contributed by atoms with E-state index >= 15 is 0 Å². The number of thiol groups is 2. The van der Waals surface area contributed by atoms with E-state index in [1.54, 1.807) is 12.1 Å². The van der Waals surface area contributed by atoms with Crippen LogP contribution in [0.2, 0.25) is 0 Å². The first-order valence-corrected chi connectivity index (χ1v) is 22.5. The molecule has 0 radical (unpaired) electrons. The van der Waals surface area contributed by atoms with Crippen molar-refractivity contribution in [3.63, 3.8) is 0 Å². The van der Waals surface area contributed by atoms with Crippen LogP contribution in [0.3, 0.4) is 0 Å². The summed E-state index contributed by atoms with van der Waals surface area (Å²) in [7, 11) is 0. The maximum absolute atomic E-state index is 11.5. The summed E-state index contributed by atoms with van der Waals surface area (Å²) in [5.74, 6) is -10.0. The van der Waals surface area contributed by atoms with Crippen molar-refractivity contribution < 1.29 is 98.0 Å². The largest absolute Gasteiger partial charge is 0.481 e. The number of primary amides is 1. The van der Waals surface area contributed by atoms with E-state index in [9.17, 15) is 52.7 Å². The van der Waals surface area contributed by atoms with Crippen LogP contribution in [0.15, 0.2) is 24.3 Å². The van der Waals surface area contributed by atoms with Gasteiger partial charge in [0.25, 0.3) is 0 Å². The smallest absolute Gasteiger partial charge is 0.330 e. The molecule has 0 aliphatic carbocycles. The zero-order valence-corrected chi connectivity index (χ0v) is 42.3. The fraction of sp³-hybridized carbons (Fsp3) is 0.538. The zero-order chi connectivity index (χ0) is 60.0.